The van der Waals surface area contributed by atoms with Crippen LogP contribution in [0.15, 0.2) is 29.3 Å². The SMILES string of the molecule is CN=C(NCCCOC1CCOC1)NCc1cccc(CN2CCCC2=O)c1.I. The third kappa shape index (κ3) is 8.10. The maximum absolute atomic E-state index is 11.8. The fraction of sp³-hybridized carbons (Fsp3) is 0.619. The fourth-order valence-electron chi connectivity index (χ4n) is 3.51. The summed E-state index contributed by atoms with van der Waals surface area (Å²) in [6.45, 7) is 5.34. The Balaban J connectivity index is 0.00000300. The molecule has 1 aromatic carbocycles. The molecule has 2 aliphatic rings. The number of aliphatic imine (C=N–C) groups is 1. The van der Waals surface area contributed by atoms with Crippen molar-refractivity contribution in [2.24, 2.45) is 4.99 Å². The lowest BCUT2D eigenvalue weighted by atomic mass is 10.1. The molecule has 1 aromatic rings. The monoisotopic (exact) mass is 516 g/mol. The molecule has 162 valence electrons. The number of carbonyl (C=O) groups excluding carboxylic acids is 1. The van der Waals surface area contributed by atoms with Crippen molar-refractivity contribution in [1.29, 1.82) is 0 Å². The summed E-state index contributed by atoms with van der Waals surface area (Å²) in [5.41, 5.74) is 2.35. The number of rotatable bonds is 9. The Labute approximate surface area is 190 Å². The Kier molecular flexibility index (Phi) is 10.7. The second kappa shape index (κ2) is 13.0. The van der Waals surface area contributed by atoms with Crippen LogP contribution in [-0.2, 0) is 27.4 Å². The second-order valence-electron chi connectivity index (χ2n) is 7.30. The molecule has 0 spiro atoms. The van der Waals surface area contributed by atoms with Gasteiger partial charge in [-0.3, -0.25) is 9.79 Å². The molecular weight excluding hydrogens is 483 g/mol. The van der Waals surface area contributed by atoms with Gasteiger partial charge in [-0.15, -0.1) is 24.0 Å². The van der Waals surface area contributed by atoms with Crippen molar-refractivity contribution < 1.29 is 14.3 Å². The number of nitrogens with zero attached hydrogens (tertiary/aromatic N) is 2. The first-order chi connectivity index (χ1) is 13.7. The molecule has 0 bridgehead atoms. The van der Waals surface area contributed by atoms with Crippen molar-refractivity contribution in [3.63, 3.8) is 0 Å². The Bertz CT molecular complexity index is 665. The first kappa shape index (κ1) is 23.9. The van der Waals surface area contributed by atoms with Crippen LogP contribution in [0.25, 0.3) is 0 Å². The van der Waals surface area contributed by atoms with Crippen molar-refractivity contribution >= 4 is 35.8 Å². The highest BCUT2D eigenvalue weighted by atomic mass is 127. The van der Waals surface area contributed by atoms with Crippen molar-refractivity contribution in [2.75, 3.05) is 40.0 Å². The molecule has 3 rings (SSSR count). The molecule has 1 amide bonds. The summed E-state index contributed by atoms with van der Waals surface area (Å²) in [5, 5.41) is 6.66. The molecule has 0 aromatic heterocycles. The summed E-state index contributed by atoms with van der Waals surface area (Å²) in [5.74, 6) is 1.04. The number of hydrogen-bond donors (Lipinski definition) is 2. The third-order valence-corrected chi connectivity index (χ3v) is 5.07. The maximum atomic E-state index is 11.8. The molecule has 29 heavy (non-hydrogen) atoms. The van der Waals surface area contributed by atoms with Gasteiger partial charge in [0, 0.05) is 52.9 Å². The summed E-state index contributed by atoms with van der Waals surface area (Å²) >= 11 is 0. The van der Waals surface area contributed by atoms with Gasteiger partial charge >= 0.3 is 0 Å². The lowest BCUT2D eigenvalue weighted by Gasteiger charge is -2.16. The van der Waals surface area contributed by atoms with Crippen LogP contribution >= 0.6 is 24.0 Å². The fourth-order valence-corrected chi connectivity index (χ4v) is 3.51. The van der Waals surface area contributed by atoms with Gasteiger partial charge in [-0.1, -0.05) is 24.3 Å². The van der Waals surface area contributed by atoms with Crippen LogP contribution < -0.4 is 10.6 Å². The van der Waals surface area contributed by atoms with E-state index in [1.165, 1.54) is 11.1 Å². The highest BCUT2D eigenvalue weighted by molar-refractivity contribution is 14.0. The van der Waals surface area contributed by atoms with Crippen LogP contribution in [0.3, 0.4) is 0 Å². The van der Waals surface area contributed by atoms with E-state index in [1.54, 1.807) is 7.05 Å². The Morgan fingerprint density at radius 2 is 2.21 bits per heavy atom. The van der Waals surface area contributed by atoms with Crippen molar-refractivity contribution in [2.45, 2.75) is 44.9 Å². The van der Waals surface area contributed by atoms with Gasteiger partial charge in [0.05, 0.1) is 12.7 Å². The van der Waals surface area contributed by atoms with E-state index in [4.69, 9.17) is 9.47 Å². The normalized spacial score (nSPS) is 19.3. The first-order valence-electron chi connectivity index (χ1n) is 10.2. The summed E-state index contributed by atoms with van der Waals surface area (Å²) in [6, 6.07) is 8.38. The van der Waals surface area contributed by atoms with E-state index >= 15 is 0 Å². The number of nitrogens with one attached hydrogen (secondary N) is 2. The van der Waals surface area contributed by atoms with Crippen LogP contribution in [0.4, 0.5) is 0 Å². The molecular formula is C21H33IN4O3. The molecule has 0 radical (unpaired) electrons. The highest BCUT2D eigenvalue weighted by Gasteiger charge is 2.20. The van der Waals surface area contributed by atoms with Crippen molar-refractivity contribution in [3.05, 3.63) is 35.4 Å². The molecule has 2 saturated heterocycles. The van der Waals surface area contributed by atoms with Crippen LogP contribution in [0, 0.1) is 0 Å². The second-order valence-corrected chi connectivity index (χ2v) is 7.30. The molecule has 2 N–H and O–H groups in total. The Hall–Kier alpha value is -1.39. The summed E-state index contributed by atoms with van der Waals surface area (Å²) in [6.07, 6.45) is 3.85. The van der Waals surface area contributed by atoms with Gasteiger partial charge < -0.3 is 25.0 Å². The minimum Gasteiger partial charge on any atom is -0.379 e. The van der Waals surface area contributed by atoms with Gasteiger partial charge in [-0.05, 0) is 30.4 Å². The van der Waals surface area contributed by atoms with Gasteiger partial charge in [0.25, 0.3) is 0 Å². The number of amides is 1. The number of carbonyl (C=O) groups is 1. The zero-order valence-electron chi connectivity index (χ0n) is 17.2. The number of ether oxygens (including phenoxy) is 2. The molecule has 8 heteroatoms. The zero-order valence-corrected chi connectivity index (χ0v) is 19.5. The van der Waals surface area contributed by atoms with Gasteiger partial charge in [-0.2, -0.15) is 0 Å². The predicted octanol–water partition coefficient (Wildman–Crippen LogP) is 2.29. The molecule has 7 nitrogen and oxygen atoms in total. The van der Waals surface area contributed by atoms with Crippen LogP contribution in [0.5, 0.6) is 0 Å². The van der Waals surface area contributed by atoms with Crippen LogP contribution in [0.1, 0.15) is 36.8 Å². The van der Waals surface area contributed by atoms with Gasteiger partial charge in [0.1, 0.15) is 0 Å². The predicted molar refractivity (Wildman–Crippen MR) is 125 cm³/mol. The van der Waals surface area contributed by atoms with E-state index < -0.39 is 0 Å². The smallest absolute Gasteiger partial charge is 0.222 e. The molecule has 2 heterocycles. The average molecular weight is 516 g/mol. The Morgan fingerprint density at radius 1 is 1.34 bits per heavy atom. The summed E-state index contributed by atoms with van der Waals surface area (Å²) in [4.78, 5) is 18.0. The maximum Gasteiger partial charge on any atom is 0.222 e. The van der Waals surface area contributed by atoms with Crippen molar-refractivity contribution in [3.8, 4) is 0 Å². The van der Waals surface area contributed by atoms with E-state index in [0.717, 1.165) is 58.1 Å². The quantitative estimate of drug-likeness (QED) is 0.228. The standard InChI is InChI=1S/C21H32N4O3.HI/c1-22-21(23-9-4-11-28-19-8-12-27-16-19)24-14-17-5-2-6-18(13-17)15-25-10-3-7-20(25)26;/h2,5-6,13,19H,3-4,7-12,14-16H2,1H3,(H2,22,23,24);1H. The molecule has 0 saturated carbocycles. The molecule has 2 fully saturated rings. The zero-order chi connectivity index (χ0) is 19.6. The largest absolute Gasteiger partial charge is 0.379 e. The topological polar surface area (TPSA) is 75.2 Å². The van der Waals surface area contributed by atoms with Crippen molar-refractivity contribution in [1.82, 2.24) is 15.5 Å². The van der Waals surface area contributed by atoms with E-state index in [2.05, 4.69) is 33.8 Å². The molecule has 1 unspecified atom stereocenters. The Morgan fingerprint density at radius 3 is 2.93 bits per heavy atom. The molecule has 1 atom stereocenters. The van der Waals surface area contributed by atoms with E-state index in [9.17, 15) is 4.79 Å². The van der Waals surface area contributed by atoms with Crippen LogP contribution in [-0.4, -0.2) is 62.8 Å². The van der Waals surface area contributed by atoms with E-state index in [0.29, 0.717) is 19.5 Å². The van der Waals surface area contributed by atoms with E-state index in [-0.39, 0.29) is 36.0 Å². The third-order valence-electron chi connectivity index (χ3n) is 5.07. The molecule has 0 aliphatic carbocycles. The minimum absolute atomic E-state index is 0. The molecule has 2 aliphatic heterocycles. The lowest BCUT2D eigenvalue weighted by Crippen LogP contribution is -2.37. The lowest BCUT2D eigenvalue weighted by molar-refractivity contribution is -0.128. The number of benzene rings is 1. The van der Waals surface area contributed by atoms with Gasteiger partial charge in [0.2, 0.25) is 5.91 Å². The van der Waals surface area contributed by atoms with Gasteiger partial charge in [-0.25, -0.2) is 0 Å². The van der Waals surface area contributed by atoms with E-state index in [1.807, 2.05) is 11.0 Å². The van der Waals surface area contributed by atoms with Gasteiger partial charge in [0.15, 0.2) is 5.96 Å². The summed E-state index contributed by atoms with van der Waals surface area (Å²) in [7, 11) is 1.77. The number of guanidine groups is 1. The minimum atomic E-state index is 0. The number of hydrogen-bond acceptors (Lipinski definition) is 4. The highest BCUT2D eigenvalue weighted by Crippen LogP contribution is 2.15. The van der Waals surface area contributed by atoms with Crippen LogP contribution in [0.2, 0.25) is 0 Å². The number of likely N-dealkylation sites (tertiary alicyclic amines) is 1. The summed E-state index contributed by atoms with van der Waals surface area (Å²) < 4.78 is 11.1. The number of halogens is 1. The average Bonchev–Trinajstić information content (AvgIpc) is 3.36. The first-order valence-corrected chi connectivity index (χ1v) is 10.2.